The fourth-order valence-corrected chi connectivity index (χ4v) is 4.89. The van der Waals surface area contributed by atoms with Crippen molar-refractivity contribution >= 4 is 46.4 Å². The number of ether oxygens (including phenoxy) is 1. The number of aromatic nitrogens is 1. The van der Waals surface area contributed by atoms with Gasteiger partial charge in [0.1, 0.15) is 11.9 Å². The van der Waals surface area contributed by atoms with Crippen LogP contribution >= 0.6 is 35.3 Å². The Morgan fingerprint density at radius 2 is 1.90 bits per heavy atom. The Bertz CT molecular complexity index is 786. The zero-order chi connectivity index (χ0) is 19.9. The standard InChI is InChI=1S/C22H31N5OS.HI/c1-23-21(24-12-9-18-17-29-22(25-18)27-13-5-6-14-27)26-15-10-20(11-16-26)28-19-7-3-2-4-8-19;/h2-4,7-8,17,20H,5-6,9-16H2,1H3,(H,23,24);1H. The van der Waals surface area contributed by atoms with Gasteiger partial charge in [-0.3, -0.25) is 4.99 Å². The molecule has 1 aromatic carbocycles. The first-order chi connectivity index (χ1) is 14.3. The minimum atomic E-state index is 0. The number of nitrogens with one attached hydrogen (secondary N) is 1. The van der Waals surface area contributed by atoms with E-state index in [1.807, 2.05) is 37.4 Å². The fraction of sp³-hybridized carbons (Fsp3) is 0.545. The Morgan fingerprint density at radius 3 is 2.60 bits per heavy atom. The van der Waals surface area contributed by atoms with E-state index in [-0.39, 0.29) is 30.1 Å². The summed E-state index contributed by atoms with van der Waals surface area (Å²) >= 11 is 1.77. The van der Waals surface area contributed by atoms with Crippen molar-refractivity contribution in [1.82, 2.24) is 15.2 Å². The maximum Gasteiger partial charge on any atom is 0.193 e. The van der Waals surface area contributed by atoms with Crippen LogP contribution in [-0.2, 0) is 6.42 Å². The van der Waals surface area contributed by atoms with Gasteiger partial charge in [-0.25, -0.2) is 4.98 Å². The second-order valence-corrected chi connectivity index (χ2v) is 8.49. The highest BCUT2D eigenvalue weighted by Gasteiger charge is 2.22. The lowest BCUT2D eigenvalue weighted by Crippen LogP contribution is -2.47. The van der Waals surface area contributed by atoms with Crippen molar-refractivity contribution in [3.8, 4) is 5.75 Å². The average Bonchev–Trinajstić information content (AvgIpc) is 3.45. The van der Waals surface area contributed by atoms with Crippen LogP contribution in [0.25, 0.3) is 0 Å². The molecule has 3 heterocycles. The molecule has 30 heavy (non-hydrogen) atoms. The summed E-state index contributed by atoms with van der Waals surface area (Å²) in [7, 11) is 1.86. The minimum Gasteiger partial charge on any atom is -0.490 e. The predicted octanol–water partition coefficient (Wildman–Crippen LogP) is 4.02. The monoisotopic (exact) mass is 541 g/mol. The normalized spacial score (nSPS) is 17.7. The van der Waals surface area contributed by atoms with Gasteiger partial charge in [-0.1, -0.05) is 18.2 Å². The first kappa shape index (κ1) is 23.1. The van der Waals surface area contributed by atoms with Crippen molar-refractivity contribution in [2.75, 3.05) is 44.7 Å². The lowest BCUT2D eigenvalue weighted by Gasteiger charge is -2.34. The highest BCUT2D eigenvalue weighted by atomic mass is 127. The molecule has 1 aromatic heterocycles. The largest absolute Gasteiger partial charge is 0.490 e. The Kier molecular flexibility index (Phi) is 9.05. The summed E-state index contributed by atoms with van der Waals surface area (Å²) in [4.78, 5) is 14.0. The van der Waals surface area contributed by atoms with Crippen molar-refractivity contribution in [1.29, 1.82) is 0 Å². The number of rotatable bonds is 6. The number of hydrogen-bond donors (Lipinski definition) is 1. The summed E-state index contributed by atoms with van der Waals surface area (Å²) in [5, 5.41) is 6.90. The van der Waals surface area contributed by atoms with Crippen LogP contribution in [0.2, 0.25) is 0 Å². The van der Waals surface area contributed by atoms with Gasteiger partial charge in [0.05, 0.1) is 5.69 Å². The molecule has 2 aliphatic heterocycles. The van der Waals surface area contributed by atoms with Crippen LogP contribution in [0, 0.1) is 0 Å². The summed E-state index contributed by atoms with van der Waals surface area (Å²) < 4.78 is 6.10. The molecule has 0 unspecified atom stereocenters. The van der Waals surface area contributed by atoms with Crippen LogP contribution in [0.15, 0.2) is 40.7 Å². The first-order valence-corrected chi connectivity index (χ1v) is 11.6. The molecular weight excluding hydrogens is 509 g/mol. The van der Waals surface area contributed by atoms with Crippen molar-refractivity contribution < 1.29 is 4.74 Å². The number of thiazole rings is 1. The SMILES string of the molecule is CN=C(NCCc1csc(N2CCCC2)n1)N1CCC(Oc2ccccc2)CC1.I. The first-order valence-electron chi connectivity index (χ1n) is 10.7. The maximum absolute atomic E-state index is 6.10. The molecule has 2 aromatic rings. The van der Waals surface area contributed by atoms with E-state index in [9.17, 15) is 0 Å². The molecule has 1 N–H and O–H groups in total. The molecule has 0 aliphatic carbocycles. The quantitative estimate of drug-likeness (QED) is 0.340. The third kappa shape index (κ3) is 6.23. The number of halogens is 1. The van der Waals surface area contributed by atoms with Crippen LogP contribution < -0.4 is 15.0 Å². The van der Waals surface area contributed by atoms with E-state index in [1.54, 1.807) is 11.3 Å². The third-order valence-electron chi connectivity index (χ3n) is 5.58. The zero-order valence-corrected chi connectivity index (χ0v) is 20.8. The van der Waals surface area contributed by atoms with E-state index in [0.717, 1.165) is 63.7 Å². The summed E-state index contributed by atoms with van der Waals surface area (Å²) in [5.74, 6) is 1.95. The van der Waals surface area contributed by atoms with Gasteiger partial charge >= 0.3 is 0 Å². The van der Waals surface area contributed by atoms with E-state index in [0.29, 0.717) is 0 Å². The topological polar surface area (TPSA) is 53.0 Å². The molecule has 0 radical (unpaired) electrons. The van der Waals surface area contributed by atoms with Crippen LogP contribution in [0.4, 0.5) is 5.13 Å². The number of piperidine rings is 1. The number of benzene rings is 1. The molecule has 0 amide bonds. The Labute approximate surface area is 200 Å². The molecule has 2 fully saturated rings. The molecule has 0 saturated carbocycles. The number of aliphatic imine (C=N–C) groups is 1. The fourth-order valence-electron chi connectivity index (χ4n) is 3.98. The van der Waals surface area contributed by atoms with Crippen molar-refractivity contribution in [2.24, 2.45) is 4.99 Å². The highest BCUT2D eigenvalue weighted by molar-refractivity contribution is 14.0. The lowest BCUT2D eigenvalue weighted by atomic mass is 10.1. The van der Waals surface area contributed by atoms with E-state index < -0.39 is 0 Å². The minimum absolute atomic E-state index is 0. The number of nitrogens with zero attached hydrogens (tertiary/aromatic N) is 4. The number of anilines is 1. The smallest absolute Gasteiger partial charge is 0.193 e. The van der Waals surface area contributed by atoms with Gasteiger partial charge in [0.15, 0.2) is 11.1 Å². The number of guanidine groups is 1. The highest BCUT2D eigenvalue weighted by Crippen LogP contribution is 2.24. The van der Waals surface area contributed by atoms with Gasteiger partial charge < -0.3 is 19.9 Å². The van der Waals surface area contributed by atoms with Crippen molar-refractivity contribution in [3.63, 3.8) is 0 Å². The molecule has 164 valence electrons. The van der Waals surface area contributed by atoms with Crippen LogP contribution in [-0.4, -0.2) is 61.7 Å². The van der Waals surface area contributed by atoms with E-state index >= 15 is 0 Å². The van der Waals surface area contributed by atoms with E-state index in [2.05, 4.69) is 25.5 Å². The van der Waals surface area contributed by atoms with Gasteiger partial charge in [0, 0.05) is 64.4 Å². The van der Waals surface area contributed by atoms with Crippen LogP contribution in [0.1, 0.15) is 31.4 Å². The molecule has 6 nitrogen and oxygen atoms in total. The van der Waals surface area contributed by atoms with Crippen LogP contribution in [0.5, 0.6) is 5.75 Å². The molecular formula is C22H32IN5OS. The van der Waals surface area contributed by atoms with Gasteiger partial charge in [0.25, 0.3) is 0 Å². The second-order valence-electron chi connectivity index (χ2n) is 7.66. The van der Waals surface area contributed by atoms with Crippen molar-refractivity contribution in [2.45, 2.75) is 38.2 Å². The molecule has 8 heteroatoms. The summed E-state index contributed by atoms with van der Waals surface area (Å²) in [6.07, 6.45) is 5.82. The summed E-state index contributed by atoms with van der Waals surface area (Å²) in [6, 6.07) is 10.1. The maximum atomic E-state index is 6.10. The Balaban J connectivity index is 0.00000256. The summed E-state index contributed by atoms with van der Waals surface area (Å²) in [6.45, 7) is 5.10. The molecule has 0 spiro atoms. The predicted molar refractivity (Wildman–Crippen MR) is 136 cm³/mol. The van der Waals surface area contributed by atoms with Gasteiger partial charge in [-0.15, -0.1) is 35.3 Å². The molecule has 2 saturated heterocycles. The van der Waals surface area contributed by atoms with Crippen LogP contribution in [0.3, 0.4) is 0 Å². The lowest BCUT2D eigenvalue weighted by molar-refractivity contribution is 0.129. The molecule has 4 rings (SSSR count). The third-order valence-corrected chi connectivity index (χ3v) is 6.53. The van der Waals surface area contributed by atoms with Gasteiger partial charge in [-0.2, -0.15) is 0 Å². The molecule has 0 bridgehead atoms. The zero-order valence-electron chi connectivity index (χ0n) is 17.6. The molecule has 2 aliphatic rings. The number of para-hydroxylation sites is 1. The summed E-state index contributed by atoms with van der Waals surface area (Å²) in [5.41, 5.74) is 1.18. The Morgan fingerprint density at radius 1 is 1.17 bits per heavy atom. The molecule has 0 atom stereocenters. The van der Waals surface area contributed by atoms with E-state index in [1.165, 1.54) is 23.7 Å². The van der Waals surface area contributed by atoms with E-state index in [4.69, 9.17) is 9.72 Å². The number of likely N-dealkylation sites (tertiary alicyclic amines) is 1. The van der Waals surface area contributed by atoms with Crippen molar-refractivity contribution in [3.05, 3.63) is 41.4 Å². The van der Waals surface area contributed by atoms with Gasteiger partial charge in [0.2, 0.25) is 0 Å². The average molecular weight is 542 g/mol. The Hall–Kier alpha value is -1.55. The number of hydrogen-bond acceptors (Lipinski definition) is 5. The van der Waals surface area contributed by atoms with Gasteiger partial charge in [-0.05, 0) is 25.0 Å². The second kappa shape index (κ2) is 11.7.